The molecule has 0 unspecified atom stereocenters. The second kappa shape index (κ2) is 4.45. The third-order valence-electron chi connectivity index (χ3n) is 2.84. The first kappa shape index (κ1) is 11.3. The number of hydrogen-bond donors (Lipinski definition) is 2. The van der Waals surface area contributed by atoms with Crippen molar-refractivity contribution in [1.29, 1.82) is 0 Å². The van der Waals surface area contributed by atoms with Gasteiger partial charge in [-0.1, -0.05) is 30.3 Å². The SMILES string of the molecule is O=C(Nn1c(=O)[nH]c2ccccc21)c1ccccc1. The third kappa shape index (κ3) is 2.01. The summed E-state index contributed by atoms with van der Waals surface area (Å²) in [5, 5.41) is 0. The molecule has 3 rings (SSSR count). The Hall–Kier alpha value is -2.82. The molecule has 0 atom stereocenters. The summed E-state index contributed by atoms with van der Waals surface area (Å²) in [6.07, 6.45) is 0. The van der Waals surface area contributed by atoms with Crippen LogP contribution in [0.3, 0.4) is 0 Å². The van der Waals surface area contributed by atoms with Crippen LogP contribution in [0.5, 0.6) is 0 Å². The van der Waals surface area contributed by atoms with Crippen molar-refractivity contribution >= 4 is 16.9 Å². The summed E-state index contributed by atoms with van der Waals surface area (Å²) in [4.78, 5) is 26.5. The number of hydrogen-bond acceptors (Lipinski definition) is 2. The van der Waals surface area contributed by atoms with E-state index in [9.17, 15) is 9.59 Å². The molecule has 0 saturated carbocycles. The van der Waals surface area contributed by atoms with Crippen LogP contribution >= 0.6 is 0 Å². The Balaban J connectivity index is 2.00. The van der Waals surface area contributed by atoms with Crippen molar-refractivity contribution in [2.24, 2.45) is 0 Å². The highest BCUT2D eigenvalue weighted by Gasteiger charge is 2.10. The van der Waals surface area contributed by atoms with Gasteiger partial charge in [0.05, 0.1) is 11.0 Å². The molecule has 5 nitrogen and oxygen atoms in total. The number of aromatic amines is 1. The van der Waals surface area contributed by atoms with Crippen molar-refractivity contribution in [3.05, 3.63) is 70.6 Å². The summed E-state index contributed by atoms with van der Waals surface area (Å²) in [5.41, 5.74) is 4.03. The smallest absolute Gasteiger partial charge is 0.304 e. The Morgan fingerprint density at radius 2 is 1.68 bits per heavy atom. The molecule has 0 fully saturated rings. The van der Waals surface area contributed by atoms with E-state index in [0.29, 0.717) is 16.6 Å². The van der Waals surface area contributed by atoms with Gasteiger partial charge in [-0.15, -0.1) is 0 Å². The van der Waals surface area contributed by atoms with Crippen molar-refractivity contribution in [2.45, 2.75) is 0 Å². The van der Waals surface area contributed by atoms with Gasteiger partial charge >= 0.3 is 5.69 Å². The predicted molar refractivity (Wildman–Crippen MR) is 72.7 cm³/mol. The van der Waals surface area contributed by atoms with Gasteiger partial charge in [0.1, 0.15) is 0 Å². The minimum absolute atomic E-state index is 0.326. The lowest BCUT2D eigenvalue weighted by Gasteiger charge is -2.05. The third-order valence-corrected chi connectivity index (χ3v) is 2.84. The lowest BCUT2D eigenvalue weighted by Crippen LogP contribution is -2.31. The molecule has 1 heterocycles. The normalized spacial score (nSPS) is 10.5. The monoisotopic (exact) mass is 253 g/mol. The fourth-order valence-electron chi connectivity index (χ4n) is 1.92. The Morgan fingerprint density at radius 3 is 2.47 bits per heavy atom. The summed E-state index contributed by atoms with van der Waals surface area (Å²) < 4.78 is 1.21. The molecule has 0 aliphatic carbocycles. The van der Waals surface area contributed by atoms with Gasteiger partial charge < -0.3 is 4.98 Å². The Labute approximate surface area is 108 Å². The zero-order valence-corrected chi connectivity index (χ0v) is 9.96. The first-order chi connectivity index (χ1) is 9.25. The van der Waals surface area contributed by atoms with E-state index >= 15 is 0 Å². The van der Waals surface area contributed by atoms with Crippen molar-refractivity contribution in [3.63, 3.8) is 0 Å². The quantitative estimate of drug-likeness (QED) is 0.730. The Morgan fingerprint density at radius 1 is 1.00 bits per heavy atom. The number of nitrogens with zero attached hydrogens (tertiary/aromatic N) is 1. The van der Waals surface area contributed by atoms with Crippen LogP contribution in [0.15, 0.2) is 59.4 Å². The fourth-order valence-corrected chi connectivity index (χ4v) is 1.92. The van der Waals surface area contributed by atoms with E-state index in [1.807, 2.05) is 12.1 Å². The number of nitrogens with one attached hydrogen (secondary N) is 2. The number of carbonyl (C=O) groups excluding carboxylic acids is 1. The van der Waals surface area contributed by atoms with Gasteiger partial charge in [-0.2, -0.15) is 0 Å². The number of aromatic nitrogens is 2. The van der Waals surface area contributed by atoms with Crippen LogP contribution in [-0.4, -0.2) is 15.6 Å². The van der Waals surface area contributed by atoms with Crippen molar-refractivity contribution in [2.75, 3.05) is 5.43 Å². The first-order valence-corrected chi connectivity index (χ1v) is 5.82. The average molecular weight is 253 g/mol. The van der Waals surface area contributed by atoms with E-state index in [1.165, 1.54) is 4.68 Å². The highest BCUT2D eigenvalue weighted by atomic mass is 16.2. The number of amides is 1. The highest BCUT2D eigenvalue weighted by molar-refractivity contribution is 6.00. The maximum Gasteiger partial charge on any atom is 0.345 e. The first-order valence-electron chi connectivity index (χ1n) is 5.82. The molecular formula is C14H11N3O2. The largest absolute Gasteiger partial charge is 0.345 e. The molecule has 2 aromatic carbocycles. The summed E-state index contributed by atoms with van der Waals surface area (Å²) in [7, 11) is 0. The average Bonchev–Trinajstić information content (AvgIpc) is 2.76. The van der Waals surface area contributed by atoms with Gasteiger partial charge in [0, 0.05) is 5.56 Å². The Bertz CT molecular complexity index is 787. The molecule has 0 radical (unpaired) electrons. The minimum atomic E-state index is -0.370. The molecule has 0 bridgehead atoms. The van der Waals surface area contributed by atoms with Crippen LogP contribution in [0, 0.1) is 0 Å². The van der Waals surface area contributed by atoms with E-state index in [-0.39, 0.29) is 11.6 Å². The number of H-pyrrole nitrogens is 1. The van der Waals surface area contributed by atoms with E-state index in [0.717, 1.165) is 0 Å². The number of imidazole rings is 1. The van der Waals surface area contributed by atoms with Crippen LogP contribution in [0.4, 0.5) is 0 Å². The van der Waals surface area contributed by atoms with Gasteiger partial charge in [0.25, 0.3) is 5.91 Å². The van der Waals surface area contributed by atoms with Gasteiger partial charge in [-0.25, -0.2) is 9.47 Å². The van der Waals surface area contributed by atoms with Gasteiger partial charge in [0.15, 0.2) is 0 Å². The van der Waals surface area contributed by atoms with Crippen LogP contribution in [0.2, 0.25) is 0 Å². The fraction of sp³-hybridized carbons (Fsp3) is 0. The van der Waals surface area contributed by atoms with Crippen molar-refractivity contribution in [1.82, 2.24) is 9.66 Å². The lowest BCUT2D eigenvalue weighted by molar-refractivity contribution is 0.101. The van der Waals surface area contributed by atoms with Crippen molar-refractivity contribution in [3.8, 4) is 0 Å². The molecular weight excluding hydrogens is 242 g/mol. The van der Waals surface area contributed by atoms with Crippen LogP contribution in [0.25, 0.3) is 11.0 Å². The molecule has 0 saturated heterocycles. The minimum Gasteiger partial charge on any atom is -0.304 e. The summed E-state index contributed by atoms with van der Waals surface area (Å²) >= 11 is 0. The van der Waals surface area contributed by atoms with Crippen molar-refractivity contribution < 1.29 is 4.79 Å². The molecule has 19 heavy (non-hydrogen) atoms. The number of carbonyl (C=O) groups is 1. The predicted octanol–water partition coefficient (Wildman–Crippen LogP) is 1.71. The summed E-state index contributed by atoms with van der Waals surface area (Å²) in [5.74, 6) is -0.326. The van der Waals surface area contributed by atoms with E-state index in [2.05, 4.69) is 10.4 Å². The maximum atomic E-state index is 12.0. The molecule has 3 aromatic rings. The standard InChI is InChI=1S/C14H11N3O2/c18-13(10-6-2-1-3-7-10)16-17-12-9-5-4-8-11(12)15-14(17)19/h1-9H,(H,15,19)(H,16,18). The second-order valence-electron chi connectivity index (χ2n) is 4.09. The molecule has 2 N–H and O–H groups in total. The second-order valence-corrected chi connectivity index (χ2v) is 4.09. The van der Waals surface area contributed by atoms with E-state index in [4.69, 9.17) is 0 Å². The molecule has 0 aliphatic rings. The topological polar surface area (TPSA) is 66.9 Å². The molecule has 1 aromatic heterocycles. The van der Waals surface area contributed by atoms with E-state index in [1.54, 1.807) is 42.5 Å². The van der Waals surface area contributed by atoms with Crippen LogP contribution < -0.4 is 11.1 Å². The number of rotatable bonds is 2. The zero-order chi connectivity index (χ0) is 13.2. The lowest BCUT2D eigenvalue weighted by atomic mass is 10.2. The summed E-state index contributed by atoms with van der Waals surface area (Å²) in [6.45, 7) is 0. The van der Waals surface area contributed by atoms with Gasteiger partial charge in [-0.3, -0.25) is 10.2 Å². The van der Waals surface area contributed by atoms with Gasteiger partial charge in [0.2, 0.25) is 0 Å². The van der Waals surface area contributed by atoms with Crippen LogP contribution in [-0.2, 0) is 0 Å². The summed E-state index contributed by atoms with van der Waals surface area (Å²) in [6, 6.07) is 15.9. The van der Waals surface area contributed by atoms with Gasteiger partial charge in [-0.05, 0) is 24.3 Å². The molecule has 94 valence electrons. The molecule has 1 amide bonds. The highest BCUT2D eigenvalue weighted by Crippen LogP contribution is 2.08. The molecule has 5 heteroatoms. The molecule has 0 aliphatic heterocycles. The number of fused-ring (bicyclic) bond motifs is 1. The van der Waals surface area contributed by atoms with E-state index < -0.39 is 0 Å². The number of benzene rings is 2. The maximum absolute atomic E-state index is 12.0. The zero-order valence-electron chi connectivity index (χ0n) is 9.96. The molecule has 0 spiro atoms. The van der Waals surface area contributed by atoms with Crippen LogP contribution in [0.1, 0.15) is 10.4 Å². The number of para-hydroxylation sites is 2. The Kier molecular flexibility index (Phi) is 2.64.